The molecular weight excluding hydrogens is 230 g/mol. The van der Waals surface area contributed by atoms with Crippen molar-refractivity contribution in [2.75, 3.05) is 0 Å². The molecule has 96 valence electrons. The van der Waals surface area contributed by atoms with Crippen molar-refractivity contribution < 1.29 is 13.7 Å². The van der Waals surface area contributed by atoms with Crippen LogP contribution in [0.4, 0.5) is 0 Å². The van der Waals surface area contributed by atoms with E-state index in [4.69, 9.17) is 13.7 Å². The molecule has 2 aromatic carbocycles. The quantitative estimate of drug-likeness (QED) is 0.584. The number of fused-ring (bicyclic) bond motifs is 1. The molecule has 19 heavy (non-hydrogen) atoms. The second kappa shape index (κ2) is 4.27. The Morgan fingerprint density at radius 3 is 2.21 bits per heavy atom. The van der Waals surface area contributed by atoms with Crippen LogP contribution in [-0.2, 0) is 5.41 Å². The highest BCUT2D eigenvalue weighted by Crippen LogP contribution is 2.32. The van der Waals surface area contributed by atoms with Gasteiger partial charge < -0.3 is 4.57 Å². The van der Waals surface area contributed by atoms with Gasteiger partial charge in [0, 0.05) is 22.2 Å². The predicted molar refractivity (Wildman–Crippen MR) is 82.0 cm³/mol. The summed E-state index contributed by atoms with van der Waals surface area (Å²) in [6.07, 6.45) is 0. The predicted octanol–water partition coefficient (Wildman–Crippen LogP) is 4.93. The molecule has 1 nitrogen and oxygen atoms in total. The minimum atomic E-state index is -0.762. The van der Waals surface area contributed by atoms with Crippen molar-refractivity contribution in [3.63, 3.8) is 0 Å². The van der Waals surface area contributed by atoms with E-state index in [2.05, 4.69) is 0 Å². The molecule has 3 rings (SSSR count). The fourth-order valence-corrected chi connectivity index (χ4v) is 1.95. The molecule has 0 amide bonds. The SMILES string of the molecule is [2H]c1c([2H])c([2H])c(-n2c(C(C)(C)C)c([2H])c3c([2H])c([2H])c([2H])c([2H])c32)c([2H])c1[2H]. The maximum Gasteiger partial charge on any atom is 0.0649 e. The Hall–Kier alpha value is -2.02. The first kappa shape index (κ1) is 5.16. The normalized spacial score (nSPS) is 19.3. The minimum Gasteiger partial charge on any atom is -0.313 e. The topological polar surface area (TPSA) is 4.93 Å². The number of aromatic nitrogens is 1. The lowest BCUT2D eigenvalue weighted by Crippen LogP contribution is -2.16. The summed E-state index contributed by atoms with van der Waals surface area (Å²) in [5.74, 6) is 0. The van der Waals surface area contributed by atoms with Crippen molar-refractivity contribution in [2.45, 2.75) is 26.2 Å². The molecule has 0 aliphatic heterocycles. The molecule has 0 unspecified atom stereocenters. The van der Waals surface area contributed by atoms with Crippen LogP contribution in [0.5, 0.6) is 0 Å². The van der Waals surface area contributed by atoms with Gasteiger partial charge in [0.1, 0.15) is 0 Å². The van der Waals surface area contributed by atoms with Crippen molar-refractivity contribution in [2.24, 2.45) is 0 Å². The van der Waals surface area contributed by atoms with E-state index in [0.717, 1.165) is 0 Å². The van der Waals surface area contributed by atoms with Gasteiger partial charge in [-0.3, -0.25) is 0 Å². The number of hydrogen-bond acceptors (Lipinski definition) is 0. The zero-order chi connectivity index (χ0) is 22.2. The largest absolute Gasteiger partial charge is 0.313 e. The molecule has 3 aromatic rings. The second-order valence-corrected chi connectivity index (χ2v) is 5.26. The summed E-state index contributed by atoms with van der Waals surface area (Å²) in [5, 5.41) is -0.0484. The number of hydrogen-bond donors (Lipinski definition) is 0. The molecule has 1 heterocycles. The van der Waals surface area contributed by atoms with E-state index >= 15 is 0 Å². The zero-order valence-corrected chi connectivity index (χ0v) is 10.9. The van der Waals surface area contributed by atoms with E-state index in [-0.39, 0.29) is 28.3 Å². The van der Waals surface area contributed by atoms with Gasteiger partial charge in [-0.05, 0) is 24.2 Å². The average Bonchev–Trinajstić information content (AvgIpc) is 2.94. The van der Waals surface area contributed by atoms with E-state index < -0.39 is 59.8 Å². The standard InChI is InChI=1S/C18H19N/c1-18(2,3)17-13-14-9-7-8-12-16(14)19(17)15-10-5-4-6-11-15/h4-13H,1-3H3/i4D,5D,6D,7D,8D,9D,10D,11D,12D,13D. The summed E-state index contributed by atoms with van der Waals surface area (Å²) >= 11 is 0. The maximum atomic E-state index is 8.64. The molecule has 0 N–H and O–H groups in total. The van der Waals surface area contributed by atoms with Crippen molar-refractivity contribution in [3.05, 3.63) is 66.1 Å². The third kappa shape index (κ3) is 2.06. The van der Waals surface area contributed by atoms with Gasteiger partial charge in [0.05, 0.1) is 19.2 Å². The first-order valence-electron chi connectivity index (χ1n) is 10.9. The third-order valence-electron chi connectivity index (χ3n) is 2.78. The van der Waals surface area contributed by atoms with Crippen LogP contribution >= 0.6 is 0 Å². The van der Waals surface area contributed by atoms with Gasteiger partial charge in [0.2, 0.25) is 0 Å². The van der Waals surface area contributed by atoms with Crippen molar-refractivity contribution in [1.29, 1.82) is 0 Å². The van der Waals surface area contributed by atoms with Crippen LogP contribution in [0.1, 0.15) is 40.2 Å². The lowest BCUT2D eigenvalue weighted by Gasteiger charge is -2.22. The molecule has 0 atom stereocenters. The first-order chi connectivity index (χ1) is 13.2. The maximum absolute atomic E-state index is 8.64. The summed E-state index contributed by atoms with van der Waals surface area (Å²) in [7, 11) is 0. The molecule has 0 radical (unpaired) electrons. The first-order valence-corrected chi connectivity index (χ1v) is 5.92. The summed E-state index contributed by atoms with van der Waals surface area (Å²) in [6, 6.07) is -4.71. The lowest BCUT2D eigenvalue weighted by atomic mass is 9.92. The Kier molecular flexibility index (Phi) is 1.16. The number of para-hydroxylation sites is 2. The van der Waals surface area contributed by atoms with Crippen molar-refractivity contribution >= 4 is 10.9 Å². The Morgan fingerprint density at radius 1 is 0.895 bits per heavy atom. The Balaban J connectivity index is 2.74. The summed E-state index contributed by atoms with van der Waals surface area (Å²) in [6.45, 7) is 5.30. The smallest absolute Gasteiger partial charge is 0.0649 e. The number of nitrogens with zero attached hydrogens (tertiary/aromatic N) is 1. The monoisotopic (exact) mass is 259 g/mol. The fraction of sp³-hybridized carbons (Fsp3) is 0.222. The van der Waals surface area contributed by atoms with Crippen LogP contribution < -0.4 is 0 Å². The summed E-state index contributed by atoms with van der Waals surface area (Å²) < 4.78 is 82.9. The fourth-order valence-electron chi connectivity index (χ4n) is 1.95. The van der Waals surface area contributed by atoms with Gasteiger partial charge in [-0.1, -0.05) is 57.0 Å². The molecule has 1 aromatic heterocycles. The lowest BCUT2D eigenvalue weighted by molar-refractivity contribution is 0.559. The zero-order valence-electron chi connectivity index (χ0n) is 20.9. The molecule has 0 fully saturated rings. The Labute approximate surface area is 128 Å². The highest BCUT2D eigenvalue weighted by Gasteiger charge is 2.21. The molecule has 0 saturated carbocycles. The van der Waals surface area contributed by atoms with Crippen LogP contribution in [0.3, 0.4) is 0 Å². The number of rotatable bonds is 1. The Morgan fingerprint density at radius 2 is 1.53 bits per heavy atom. The average molecular weight is 259 g/mol. The molecule has 0 spiro atoms. The van der Waals surface area contributed by atoms with Crippen LogP contribution in [0.2, 0.25) is 0 Å². The third-order valence-corrected chi connectivity index (χ3v) is 2.78. The summed E-state index contributed by atoms with van der Waals surface area (Å²) in [4.78, 5) is 0. The van der Waals surface area contributed by atoms with Crippen molar-refractivity contribution in [1.82, 2.24) is 4.57 Å². The highest BCUT2D eigenvalue weighted by atomic mass is 15.0. The van der Waals surface area contributed by atoms with Crippen LogP contribution in [0, 0.1) is 0 Å². The van der Waals surface area contributed by atoms with Gasteiger partial charge in [-0.25, -0.2) is 0 Å². The van der Waals surface area contributed by atoms with Crippen LogP contribution in [-0.4, -0.2) is 4.57 Å². The van der Waals surface area contributed by atoms with Gasteiger partial charge in [-0.2, -0.15) is 0 Å². The van der Waals surface area contributed by atoms with E-state index in [1.54, 1.807) is 20.8 Å². The summed E-state index contributed by atoms with van der Waals surface area (Å²) in [5.41, 5.74) is -0.848. The van der Waals surface area contributed by atoms with Crippen molar-refractivity contribution in [3.8, 4) is 5.69 Å². The van der Waals surface area contributed by atoms with E-state index in [9.17, 15) is 0 Å². The molecule has 0 saturated heterocycles. The number of benzene rings is 2. The Bertz CT molecular complexity index is 1160. The minimum absolute atomic E-state index is 0.0484. The van der Waals surface area contributed by atoms with E-state index in [1.165, 1.54) is 4.57 Å². The van der Waals surface area contributed by atoms with Crippen LogP contribution in [0.25, 0.3) is 16.6 Å². The van der Waals surface area contributed by atoms with Gasteiger partial charge in [0.25, 0.3) is 0 Å². The van der Waals surface area contributed by atoms with E-state index in [1.807, 2.05) is 0 Å². The molecular formula is C18H19N. The van der Waals surface area contributed by atoms with E-state index in [0.29, 0.717) is 0 Å². The highest BCUT2D eigenvalue weighted by molar-refractivity contribution is 5.83. The second-order valence-electron chi connectivity index (χ2n) is 5.26. The molecule has 1 heteroatoms. The van der Waals surface area contributed by atoms with Gasteiger partial charge in [0.15, 0.2) is 0 Å². The van der Waals surface area contributed by atoms with Crippen LogP contribution in [0.15, 0.2) is 60.4 Å². The molecule has 0 aliphatic carbocycles. The van der Waals surface area contributed by atoms with Gasteiger partial charge >= 0.3 is 0 Å². The molecule has 0 bridgehead atoms. The van der Waals surface area contributed by atoms with Gasteiger partial charge in [-0.15, -0.1) is 0 Å². The molecule has 0 aliphatic rings.